The van der Waals surface area contributed by atoms with Gasteiger partial charge in [-0.15, -0.1) is 0 Å². The number of hydrogen-bond acceptors (Lipinski definition) is 3. The fourth-order valence-electron chi connectivity index (χ4n) is 2.35. The van der Waals surface area contributed by atoms with Crippen molar-refractivity contribution in [1.82, 2.24) is 5.32 Å². The lowest BCUT2D eigenvalue weighted by Crippen LogP contribution is -2.34. The molecular weight excluding hydrogens is 202 g/mol. The van der Waals surface area contributed by atoms with Crippen molar-refractivity contribution < 1.29 is 9.52 Å². The summed E-state index contributed by atoms with van der Waals surface area (Å²) in [4.78, 5) is 0. The molecule has 2 rings (SSSR count). The van der Waals surface area contributed by atoms with Crippen molar-refractivity contribution in [3.05, 3.63) is 24.2 Å². The predicted octanol–water partition coefficient (Wildman–Crippen LogP) is 2.48. The molecule has 0 radical (unpaired) electrons. The van der Waals surface area contributed by atoms with Crippen LogP contribution in [0.15, 0.2) is 22.8 Å². The van der Waals surface area contributed by atoms with E-state index < -0.39 is 0 Å². The molecule has 1 saturated carbocycles. The summed E-state index contributed by atoms with van der Waals surface area (Å²) in [7, 11) is 0. The van der Waals surface area contributed by atoms with Crippen molar-refractivity contribution in [1.29, 1.82) is 0 Å². The summed E-state index contributed by atoms with van der Waals surface area (Å²) >= 11 is 0. The number of aliphatic hydroxyl groups is 1. The minimum absolute atomic E-state index is 0.0647. The van der Waals surface area contributed by atoms with E-state index in [4.69, 9.17) is 4.42 Å². The molecule has 16 heavy (non-hydrogen) atoms. The fraction of sp³-hybridized carbons (Fsp3) is 0.692. The van der Waals surface area contributed by atoms with Gasteiger partial charge in [-0.3, -0.25) is 0 Å². The van der Waals surface area contributed by atoms with Gasteiger partial charge in [-0.1, -0.05) is 19.3 Å². The highest BCUT2D eigenvalue weighted by molar-refractivity contribution is 5.04. The summed E-state index contributed by atoms with van der Waals surface area (Å²) in [6, 6.07) is 4.14. The minimum atomic E-state index is -0.0647. The van der Waals surface area contributed by atoms with Crippen LogP contribution in [-0.2, 0) is 0 Å². The van der Waals surface area contributed by atoms with Crippen molar-refractivity contribution in [2.45, 2.75) is 44.7 Å². The first-order valence-electron chi connectivity index (χ1n) is 6.20. The maximum absolute atomic E-state index is 9.33. The van der Waals surface area contributed by atoms with Crippen LogP contribution >= 0.6 is 0 Å². The molecule has 3 nitrogen and oxygen atoms in total. The van der Waals surface area contributed by atoms with Crippen LogP contribution in [-0.4, -0.2) is 17.8 Å². The molecule has 2 atom stereocenters. The van der Waals surface area contributed by atoms with Crippen LogP contribution in [0.5, 0.6) is 0 Å². The molecular formula is C13H21NO2. The Hall–Kier alpha value is -0.800. The standard InChI is InChI=1S/C13H21NO2/c1-10(8-11-4-2-5-11)14-12(9-15)13-6-3-7-16-13/h3,6-7,10-12,14-15H,2,4-5,8-9H2,1H3. The van der Waals surface area contributed by atoms with E-state index in [-0.39, 0.29) is 12.6 Å². The maximum Gasteiger partial charge on any atom is 0.123 e. The molecule has 1 aromatic heterocycles. The Morgan fingerprint density at radius 1 is 1.56 bits per heavy atom. The van der Waals surface area contributed by atoms with Crippen LogP contribution in [0.4, 0.5) is 0 Å². The first-order valence-corrected chi connectivity index (χ1v) is 6.20. The number of hydrogen-bond donors (Lipinski definition) is 2. The van der Waals surface area contributed by atoms with Gasteiger partial charge >= 0.3 is 0 Å². The largest absolute Gasteiger partial charge is 0.468 e. The van der Waals surface area contributed by atoms with E-state index >= 15 is 0 Å². The molecule has 1 aliphatic rings. The average Bonchev–Trinajstić information content (AvgIpc) is 2.73. The van der Waals surface area contributed by atoms with Crippen molar-refractivity contribution in [2.75, 3.05) is 6.61 Å². The number of aliphatic hydroxyl groups excluding tert-OH is 1. The van der Waals surface area contributed by atoms with Crippen molar-refractivity contribution in [2.24, 2.45) is 5.92 Å². The summed E-state index contributed by atoms with van der Waals surface area (Å²) in [5.41, 5.74) is 0. The van der Waals surface area contributed by atoms with Gasteiger partial charge in [0.25, 0.3) is 0 Å². The molecule has 1 heterocycles. The molecule has 0 saturated heterocycles. The van der Waals surface area contributed by atoms with Crippen molar-refractivity contribution >= 4 is 0 Å². The van der Waals surface area contributed by atoms with Crippen LogP contribution in [0.2, 0.25) is 0 Å². The van der Waals surface area contributed by atoms with Gasteiger partial charge < -0.3 is 14.8 Å². The molecule has 0 aliphatic heterocycles. The third-order valence-corrected chi connectivity index (χ3v) is 3.47. The number of nitrogens with one attached hydrogen (secondary N) is 1. The Morgan fingerprint density at radius 3 is 2.88 bits per heavy atom. The average molecular weight is 223 g/mol. The third-order valence-electron chi connectivity index (χ3n) is 3.47. The smallest absolute Gasteiger partial charge is 0.123 e. The van der Waals surface area contributed by atoms with Gasteiger partial charge in [0.2, 0.25) is 0 Å². The fourth-order valence-corrected chi connectivity index (χ4v) is 2.35. The third kappa shape index (κ3) is 2.86. The Labute approximate surface area is 96.8 Å². The van der Waals surface area contributed by atoms with Crippen LogP contribution in [0.1, 0.15) is 44.4 Å². The van der Waals surface area contributed by atoms with Crippen LogP contribution in [0.3, 0.4) is 0 Å². The quantitative estimate of drug-likeness (QED) is 0.778. The van der Waals surface area contributed by atoms with Crippen molar-refractivity contribution in [3.63, 3.8) is 0 Å². The lowest BCUT2D eigenvalue weighted by molar-refractivity contribution is 0.198. The maximum atomic E-state index is 9.33. The summed E-state index contributed by atoms with van der Waals surface area (Å²) in [5.74, 6) is 1.71. The zero-order valence-electron chi connectivity index (χ0n) is 9.86. The lowest BCUT2D eigenvalue weighted by atomic mass is 9.81. The van der Waals surface area contributed by atoms with E-state index in [1.807, 2.05) is 12.1 Å². The Bertz CT molecular complexity index is 293. The van der Waals surface area contributed by atoms with Gasteiger partial charge in [-0.2, -0.15) is 0 Å². The molecule has 3 heteroatoms. The van der Waals surface area contributed by atoms with Gasteiger partial charge in [0.15, 0.2) is 0 Å². The van der Waals surface area contributed by atoms with Gasteiger partial charge in [0.05, 0.1) is 18.9 Å². The molecule has 1 fully saturated rings. The zero-order chi connectivity index (χ0) is 11.4. The molecule has 0 bridgehead atoms. The molecule has 2 N–H and O–H groups in total. The first-order chi connectivity index (χ1) is 7.79. The van der Waals surface area contributed by atoms with E-state index in [1.165, 1.54) is 25.7 Å². The molecule has 1 aliphatic carbocycles. The minimum Gasteiger partial charge on any atom is -0.468 e. The second kappa shape index (κ2) is 5.51. The van der Waals surface area contributed by atoms with Gasteiger partial charge in [-0.25, -0.2) is 0 Å². The van der Waals surface area contributed by atoms with Gasteiger partial charge in [0.1, 0.15) is 5.76 Å². The van der Waals surface area contributed by atoms with Crippen LogP contribution in [0.25, 0.3) is 0 Å². The van der Waals surface area contributed by atoms with Gasteiger partial charge in [0, 0.05) is 6.04 Å². The second-order valence-corrected chi connectivity index (χ2v) is 4.85. The van der Waals surface area contributed by atoms with Crippen molar-refractivity contribution in [3.8, 4) is 0 Å². The highest BCUT2D eigenvalue weighted by atomic mass is 16.3. The SMILES string of the molecule is CC(CC1CCC1)NC(CO)c1ccco1. The van der Waals surface area contributed by atoms with E-state index in [9.17, 15) is 5.11 Å². The molecule has 0 aromatic carbocycles. The second-order valence-electron chi connectivity index (χ2n) is 4.85. The number of furan rings is 1. The highest BCUT2D eigenvalue weighted by Gasteiger charge is 2.22. The van der Waals surface area contributed by atoms with E-state index in [0.29, 0.717) is 6.04 Å². The predicted molar refractivity (Wildman–Crippen MR) is 63.1 cm³/mol. The van der Waals surface area contributed by atoms with E-state index in [0.717, 1.165) is 11.7 Å². The first kappa shape index (κ1) is 11.7. The lowest BCUT2D eigenvalue weighted by Gasteiger charge is -2.30. The molecule has 0 amide bonds. The molecule has 1 aromatic rings. The topological polar surface area (TPSA) is 45.4 Å². The zero-order valence-corrected chi connectivity index (χ0v) is 9.86. The number of rotatable bonds is 6. The van der Waals surface area contributed by atoms with Crippen LogP contribution in [0, 0.1) is 5.92 Å². The summed E-state index contributed by atoms with van der Waals surface area (Å²) in [6.45, 7) is 2.27. The Balaban J connectivity index is 1.81. The van der Waals surface area contributed by atoms with E-state index in [1.54, 1.807) is 6.26 Å². The summed E-state index contributed by atoms with van der Waals surface area (Å²) in [5, 5.41) is 12.8. The Kier molecular flexibility index (Phi) is 4.02. The van der Waals surface area contributed by atoms with Crippen LogP contribution < -0.4 is 5.32 Å². The normalized spacial score (nSPS) is 20.4. The van der Waals surface area contributed by atoms with E-state index in [2.05, 4.69) is 12.2 Å². The molecule has 2 unspecified atom stereocenters. The Morgan fingerprint density at radius 2 is 2.38 bits per heavy atom. The summed E-state index contributed by atoms with van der Waals surface area (Å²) < 4.78 is 5.31. The van der Waals surface area contributed by atoms with Gasteiger partial charge in [-0.05, 0) is 31.4 Å². The summed E-state index contributed by atoms with van der Waals surface area (Å²) in [6.07, 6.45) is 6.99. The molecule has 90 valence electrons. The highest BCUT2D eigenvalue weighted by Crippen LogP contribution is 2.30. The monoisotopic (exact) mass is 223 g/mol. The molecule has 0 spiro atoms.